The molecule has 3 N–H and O–H groups in total. The minimum atomic E-state index is -0.515. The number of anilines is 2. The molecule has 1 unspecified atom stereocenters. The van der Waals surface area contributed by atoms with Gasteiger partial charge in [0.1, 0.15) is 11.6 Å². The van der Waals surface area contributed by atoms with Gasteiger partial charge in [0.25, 0.3) is 0 Å². The molecule has 122 valence electrons. The summed E-state index contributed by atoms with van der Waals surface area (Å²) in [4.78, 5) is 17.5. The molecule has 0 fully saturated rings. The van der Waals surface area contributed by atoms with E-state index < -0.39 is 12.5 Å². The lowest BCUT2D eigenvalue weighted by Gasteiger charge is -2.14. The standard InChI is InChI=1S/C17H21N3O2S/c1-11(17-20-14-7-2-3-8-15(14)23-17)18-12-5-4-6-13(9-12)19-16(22)10-21/h4-6,9,11,18,21H,2-3,7-8,10H2,1H3,(H,19,22). The largest absolute Gasteiger partial charge is 0.387 e. The Morgan fingerprint density at radius 3 is 2.91 bits per heavy atom. The van der Waals surface area contributed by atoms with Crippen LogP contribution >= 0.6 is 11.3 Å². The highest BCUT2D eigenvalue weighted by atomic mass is 32.1. The third-order valence-corrected chi connectivity index (χ3v) is 5.25. The highest BCUT2D eigenvalue weighted by molar-refractivity contribution is 7.11. The Kier molecular flexibility index (Phi) is 4.93. The first kappa shape index (κ1) is 16.0. The molecule has 1 aromatic carbocycles. The molecule has 3 rings (SSSR count). The maximum absolute atomic E-state index is 11.3. The van der Waals surface area contributed by atoms with E-state index in [9.17, 15) is 4.79 Å². The summed E-state index contributed by atoms with van der Waals surface area (Å²) in [5, 5.41) is 16.0. The van der Waals surface area contributed by atoms with E-state index in [1.165, 1.54) is 23.4 Å². The number of aliphatic hydroxyl groups is 1. The number of hydrogen-bond donors (Lipinski definition) is 3. The summed E-state index contributed by atoms with van der Waals surface area (Å²) in [6, 6.07) is 7.60. The van der Waals surface area contributed by atoms with Crippen molar-refractivity contribution in [3.8, 4) is 0 Å². The zero-order valence-corrected chi connectivity index (χ0v) is 13.9. The number of aromatic nitrogens is 1. The van der Waals surface area contributed by atoms with E-state index in [-0.39, 0.29) is 6.04 Å². The van der Waals surface area contributed by atoms with Crippen molar-refractivity contribution in [3.63, 3.8) is 0 Å². The molecule has 0 spiro atoms. The topological polar surface area (TPSA) is 74.2 Å². The first-order valence-electron chi connectivity index (χ1n) is 7.91. The van der Waals surface area contributed by atoms with Gasteiger partial charge in [-0.2, -0.15) is 0 Å². The van der Waals surface area contributed by atoms with E-state index in [0.717, 1.165) is 23.5 Å². The van der Waals surface area contributed by atoms with Gasteiger partial charge in [0, 0.05) is 16.3 Å². The lowest BCUT2D eigenvalue weighted by Crippen LogP contribution is -2.15. The minimum Gasteiger partial charge on any atom is -0.387 e. The van der Waals surface area contributed by atoms with Crippen molar-refractivity contribution in [2.45, 2.75) is 38.6 Å². The van der Waals surface area contributed by atoms with Gasteiger partial charge in [-0.15, -0.1) is 11.3 Å². The first-order chi connectivity index (χ1) is 11.2. The van der Waals surface area contributed by atoms with Crippen LogP contribution in [0.1, 0.15) is 41.4 Å². The quantitative estimate of drug-likeness (QED) is 0.787. The molecule has 0 bridgehead atoms. The summed E-state index contributed by atoms with van der Waals surface area (Å²) in [5.41, 5.74) is 2.86. The Morgan fingerprint density at radius 1 is 1.35 bits per heavy atom. The van der Waals surface area contributed by atoms with Crippen molar-refractivity contribution >= 4 is 28.6 Å². The maximum Gasteiger partial charge on any atom is 0.250 e. The second kappa shape index (κ2) is 7.10. The van der Waals surface area contributed by atoms with Crippen LogP contribution in [0.5, 0.6) is 0 Å². The van der Waals surface area contributed by atoms with E-state index >= 15 is 0 Å². The maximum atomic E-state index is 11.3. The van der Waals surface area contributed by atoms with Gasteiger partial charge in [0.2, 0.25) is 5.91 Å². The first-order valence-corrected chi connectivity index (χ1v) is 8.73. The van der Waals surface area contributed by atoms with Crippen LogP contribution in [0, 0.1) is 0 Å². The number of rotatable bonds is 5. The third-order valence-electron chi connectivity index (χ3n) is 3.91. The fraction of sp³-hybridized carbons (Fsp3) is 0.412. The molecule has 1 aromatic heterocycles. The summed E-state index contributed by atoms with van der Waals surface area (Å²) < 4.78 is 0. The molecule has 1 atom stereocenters. The van der Waals surface area contributed by atoms with E-state index in [2.05, 4.69) is 17.6 Å². The highest BCUT2D eigenvalue weighted by Gasteiger charge is 2.18. The number of aliphatic hydroxyl groups excluding tert-OH is 1. The summed E-state index contributed by atoms with van der Waals surface area (Å²) in [5.74, 6) is -0.414. The number of aryl methyl sites for hydroxylation is 2. The van der Waals surface area contributed by atoms with Crippen molar-refractivity contribution in [1.29, 1.82) is 0 Å². The summed E-state index contributed by atoms with van der Waals surface area (Å²) in [6.07, 6.45) is 4.76. The molecule has 1 aliphatic carbocycles. The Labute approximate surface area is 139 Å². The number of nitrogens with zero attached hydrogens (tertiary/aromatic N) is 1. The van der Waals surface area contributed by atoms with Gasteiger partial charge in [0.05, 0.1) is 11.7 Å². The van der Waals surface area contributed by atoms with E-state index in [1.54, 1.807) is 17.4 Å². The van der Waals surface area contributed by atoms with Gasteiger partial charge in [-0.1, -0.05) is 6.07 Å². The Morgan fingerprint density at radius 2 is 2.13 bits per heavy atom. The normalized spacial score (nSPS) is 14.9. The molecule has 1 amide bonds. The number of fused-ring (bicyclic) bond motifs is 1. The number of benzene rings is 1. The number of amides is 1. The van der Waals surface area contributed by atoms with Gasteiger partial charge in [-0.3, -0.25) is 4.79 Å². The molecule has 0 saturated carbocycles. The van der Waals surface area contributed by atoms with Crippen molar-refractivity contribution < 1.29 is 9.90 Å². The SMILES string of the molecule is CC(Nc1cccc(NC(=O)CO)c1)c1nc2c(s1)CCCC2. The van der Waals surface area contributed by atoms with Crippen LogP contribution in [0.15, 0.2) is 24.3 Å². The van der Waals surface area contributed by atoms with E-state index in [0.29, 0.717) is 5.69 Å². The molecule has 0 saturated heterocycles. The van der Waals surface area contributed by atoms with Gasteiger partial charge >= 0.3 is 0 Å². The van der Waals surface area contributed by atoms with Gasteiger partial charge < -0.3 is 15.7 Å². The monoisotopic (exact) mass is 331 g/mol. The molecule has 0 aliphatic heterocycles. The second-order valence-corrected chi connectivity index (χ2v) is 6.90. The summed E-state index contributed by atoms with van der Waals surface area (Å²) in [7, 11) is 0. The average molecular weight is 331 g/mol. The number of nitrogens with one attached hydrogen (secondary N) is 2. The van der Waals surface area contributed by atoms with Crippen LogP contribution in [0.25, 0.3) is 0 Å². The number of thiazole rings is 1. The van der Waals surface area contributed by atoms with Gasteiger partial charge in [-0.05, 0) is 50.8 Å². The highest BCUT2D eigenvalue weighted by Crippen LogP contribution is 2.31. The fourth-order valence-corrected chi connectivity index (χ4v) is 3.91. The van der Waals surface area contributed by atoms with Crippen LogP contribution in [0.2, 0.25) is 0 Å². The van der Waals surface area contributed by atoms with Crippen molar-refractivity contribution in [2.24, 2.45) is 0 Å². The van der Waals surface area contributed by atoms with Gasteiger partial charge in [0.15, 0.2) is 0 Å². The Hall–Kier alpha value is -1.92. The molecule has 5 nitrogen and oxygen atoms in total. The average Bonchev–Trinajstić information content (AvgIpc) is 2.99. The number of hydrogen-bond acceptors (Lipinski definition) is 5. The van der Waals surface area contributed by atoms with Crippen molar-refractivity contribution in [2.75, 3.05) is 17.2 Å². The number of carbonyl (C=O) groups is 1. The predicted molar refractivity (Wildman–Crippen MR) is 93.0 cm³/mol. The zero-order chi connectivity index (χ0) is 16.2. The molecule has 0 radical (unpaired) electrons. The third kappa shape index (κ3) is 3.89. The smallest absolute Gasteiger partial charge is 0.250 e. The molecule has 6 heteroatoms. The van der Waals surface area contributed by atoms with Crippen LogP contribution in [-0.2, 0) is 17.6 Å². The van der Waals surface area contributed by atoms with Crippen LogP contribution in [0.4, 0.5) is 11.4 Å². The van der Waals surface area contributed by atoms with Crippen LogP contribution in [-0.4, -0.2) is 22.6 Å². The fourth-order valence-electron chi connectivity index (χ4n) is 2.76. The predicted octanol–water partition coefficient (Wildman–Crippen LogP) is 3.13. The number of carbonyl (C=O) groups excluding carboxylic acids is 1. The lowest BCUT2D eigenvalue weighted by atomic mass is 10.0. The molecule has 1 heterocycles. The Bertz CT molecular complexity index is 675. The molecular formula is C17H21N3O2S. The Balaban J connectivity index is 1.70. The van der Waals surface area contributed by atoms with Crippen LogP contribution < -0.4 is 10.6 Å². The second-order valence-electron chi connectivity index (χ2n) is 5.78. The van der Waals surface area contributed by atoms with Gasteiger partial charge in [-0.25, -0.2) is 4.98 Å². The zero-order valence-electron chi connectivity index (χ0n) is 13.1. The molecule has 1 aliphatic rings. The van der Waals surface area contributed by atoms with E-state index in [4.69, 9.17) is 10.1 Å². The van der Waals surface area contributed by atoms with Crippen molar-refractivity contribution in [3.05, 3.63) is 39.8 Å². The summed E-state index contributed by atoms with van der Waals surface area (Å²) in [6.45, 7) is 1.59. The van der Waals surface area contributed by atoms with Crippen LogP contribution in [0.3, 0.4) is 0 Å². The summed E-state index contributed by atoms with van der Waals surface area (Å²) >= 11 is 1.80. The molecule has 2 aromatic rings. The lowest BCUT2D eigenvalue weighted by molar-refractivity contribution is -0.118. The van der Waals surface area contributed by atoms with E-state index in [1.807, 2.05) is 18.2 Å². The van der Waals surface area contributed by atoms with Crippen molar-refractivity contribution in [1.82, 2.24) is 4.98 Å². The molecular weight excluding hydrogens is 310 g/mol. The minimum absolute atomic E-state index is 0.120. The molecule has 23 heavy (non-hydrogen) atoms.